The molecule has 16 nitrogen and oxygen atoms in total. The number of nitrogens with two attached hydrogens (primary N) is 2. The lowest BCUT2D eigenvalue weighted by Gasteiger charge is -2.44. The maximum Gasteiger partial charge on any atom is 0.321 e. The SMILES string of the molecule is CC.CC(C)C(C)(c1ccc(-c2cnc(N)nc2)cc1)c1noc(NC2CCN(C(C)C(C)(c3ccc(-c4cnc(N)nc4)cc3)c3noc(NC4CCC(O)CC4)n3)CC2)n1. The molecule has 0 radical (unpaired) electrons. The fraction of sp³-hybridized carbons (Fsp3) is 0.478. The molecule has 3 unspecified atom stereocenters. The van der Waals surface area contributed by atoms with Crippen LogP contribution in [-0.4, -0.2) is 87.5 Å². The number of aliphatic hydroxyl groups is 1. The summed E-state index contributed by atoms with van der Waals surface area (Å²) in [5.74, 6) is 1.91. The van der Waals surface area contributed by atoms with Crippen molar-refractivity contribution < 1.29 is 14.2 Å². The van der Waals surface area contributed by atoms with Crippen LogP contribution >= 0.6 is 0 Å². The zero-order chi connectivity index (χ0) is 44.0. The van der Waals surface area contributed by atoms with Gasteiger partial charge in [-0.15, -0.1) is 0 Å². The first kappa shape index (κ1) is 44.1. The molecule has 16 heteroatoms. The molecule has 7 N–H and O–H groups in total. The third-order valence-electron chi connectivity index (χ3n) is 13.2. The summed E-state index contributed by atoms with van der Waals surface area (Å²) in [4.78, 5) is 29.0. The van der Waals surface area contributed by atoms with Crippen molar-refractivity contribution in [3.63, 3.8) is 0 Å². The Kier molecular flexibility index (Phi) is 13.5. The van der Waals surface area contributed by atoms with Gasteiger partial charge in [0.05, 0.1) is 16.9 Å². The van der Waals surface area contributed by atoms with Crippen LogP contribution in [0.15, 0.2) is 82.4 Å². The van der Waals surface area contributed by atoms with Gasteiger partial charge in [0.2, 0.25) is 11.9 Å². The molecule has 2 aliphatic rings. The third kappa shape index (κ3) is 9.26. The van der Waals surface area contributed by atoms with E-state index in [1.165, 1.54) is 0 Å². The van der Waals surface area contributed by atoms with E-state index in [2.05, 4.69) is 129 Å². The van der Waals surface area contributed by atoms with E-state index in [1.54, 1.807) is 24.8 Å². The van der Waals surface area contributed by atoms with Gasteiger partial charge in [-0.2, -0.15) is 9.97 Å². The molecule has 5 heterocycles. The molecule has 1 saturated carbocycles. The van der Waals surface area contributed by atoms with Crippen LogP contribution in [0.1, 0.15) is 110 Å². The highest BCUT2D eigenvalue weighted by atomic mass is 16.5. The van der Waals surface area contributed by atoms with E-state index in [0.717, 1.165) is 85.0 Å². The monoisotopic (exact) mass is 844 g/mol. The molecule has 1 saturated heterocycles. The smallest absolute Gasteiger partial charge is 0.321 e. The molecule has 6 aromatic rings. The van der Waals surface area contributed by atoms with Crippen LogP contribution in [0.3, 0.4) is 0 Å². The van der Waals surface area contributed by atoms with Gasteiger partial charge in [-0.05, 0) is 87.5 Å². The molecule has 8 rings (SSSR count). The number of nitrogens with zero attached hydrogens (tertiary/aromatic N) is 9. The van der Waals surface area contributed by atoms with Gasteiger partial charge in [0.1, 0.15) is 0 Å². The molecule has 1 aliphatic carbocycles. The van der Waals surface area contributed by atoms with Crippen molar-refractivity contribution in [1.82, 2.24) is 45.1 Å². The van der Waals surface area contributed by atoms with Gasteiger partial charge in [0.15, 0.2) is 11.6 Å². The normalized spacial score (nSPS) is 19.8. The highest BCUT2D eigenvalue weighted by Crippen LogP contribution is 2.41. The van der Waals surface area contributed by atoms with Crippen molar-refractivity contribution in [3.8, 4) is 22.3 Å². The minimum absolute atomic E-state index is 0.000120. The highest BCUT2D eigenvalue weighted by molar-refractivity contribution is 5.64. The Morgan fingerprint density at radius 2 is 1.02 bits per heavy atom. The second-order valence-electron chi connectivity index (χ2n) is 17.0. The molecular weight excluding hydrogens is 783 g/mol. The molecular formula is C46H61N13O3. The topological polar surface area (TPSA) is 229 Å². The standard InChI is InChI=1S/C44H55N13O3.C2H6/c1-26(2)43(4,32-10-6-28(7-11-32)30-22-47-39(45)48-23-30)37-53-42(59-55-37)52-35-18-20-57(21-19-35)27(3)44(5,33-12-8-29(9-13-33)31-24-49-40(46)50-25-31)38-54-41(60-56-38)51-34-14-16-36(58)17-15-34;1-2/h6-13,22-27,34-36,58H,14-21H2,1-5H3,(H2,45,47,48)(H2,46,49,50)(H,51,54,56)(H,52,53,55);1-2H3. The van der Waals surface area contributed by atoms with Gasteiger partial charge in [0.25, 0.3) is 0 Å². The zero-order valence-electron chi connectivity index (χ0n) is 36.9. The Labute approximate surface area is 363 Å². The van der Waals surface area contributed by atoms with Gasteiger partial charge >= 0.3 is 12.0 Å². The van der Waals surface area contributed by atoms with Gasteiger partial charge in [-0.25, -0.2) is 19.9 Å². The maximum atomic E-state index is 10.0. The number of nitrogen functional groups attached to an aromatic ring is 2. The van der Waals surface area contributed by atoms with Gasteiger partial charge < -0.3 is 36.3 Å². The molecule has 4 aromatic heterocycles. The number of nitrogens with one attached hydrogen (secondary N) is 2. The van der Waals surface area contributed by atoms with Crippen molar-refractivity contribution in [3.05, 3.63) is 96.1 Å². The lowest BCUT2D eigenvalue weighted by Crippen LogP contribution is -2.52. The first-order chi connectivity index (χ1) is 29.9. The molecule has 0 bridgehead atoms. The van der Waals surface area contributed by atoms with E-state index >= 15 is 0 Å². The van der Waals surface area contributed by atoms with Gasteiger partial charge in [-0.3, -0.25) is 4.90 Å². The number of likely N-dealkylation sites (tertiary alicyclic amines) is 1. The lowest BCUT2D eigenvalue weighted by molar-refractivity contribution is 0.120. The predicted molar refractivity (Wildman–Crippen MR) is 241 cm³/mol. The van der Waals surface area contributed by atoms with E-state index in [1.807, 2.05) is 13.8 Å². The second kappa shape index (κ2) is 18.9. The fourth-order valence-electron chi connectivity index (χ4n) is 8.62. The van der Waals surface area contributed by atoms with Crippen LogP contribution in [-0.2, 0) is 10.8 Å². The lowest BCUT2D eigenvalue weighted by atomic mass is 9.72. The number of piperidine rings is 1. The summed E-state index contributed by atoms with van der Waals surface area (Å²) < 4.78 is 11.7. The highest BCUT2D eigenvalue weighted by Gasteiger charge is 2.44. The Morgan fingerprint density at radius 1 is 0.613 bits per heavy atom. The minimum Gasteiger partial charge on any atom is -0.393 e. The summed E-state index contributed by atoms with van der Waals surface area (Å²) in [6, 6.07) is 17.9. The van der Waals surface area contributed by atoms with Crippen LogP contribution in [0.2, 0.25) is 0 Å². The van der Waals surface area contributed by atoms with Crippen LogP contribution in [0.5, 0.6) is 0 Å². The number of aliphatic hydroxyl groups excluding tert-OH is 1. The fourth-order valence-corrected chi connectivity index (χ4v) is 8.62. The Morgan fingerprint density at radius 3 is 1.45 bits per heavy atom. The van der Waals surface area contributed by atoms with E-state index in [-0.39, 0.29) is 42.0 Å². The number of hydrogen-bond acceptors (Lipinski definition) is 16. The van der Waals surface area contributed by atoms with Crippen LogP contribution in [0.25, 0.3) is 22.3 Å². The van der Waals surface area contributed by atoms with Gasteiger partial charge in [-0.1, -0.05) is 86.5 Å². The Bertz CT molecular complexity index is 2320. The summed E-state index contributed by atoms with van der Waals surface area (Å²) in [5, 5.41) is 26.1. The summed E-state index contributed by atoms with van der Waals surface area (Å²) >= 11 is 0. The van der Waals surface area contributed by atoms with Crippen molar-refractivity contribution in [2.24, 2.45) is 5.92 Å². The maximum absolute atomic E-state index is 10.0. The molecule has 62 heavy (non-hydrogen) atoms. The van der Waals surface area contributed by atoms with E-state index < -0.39 is 10.8 Å². The van der Waals surface area contributed by atoms with Crippen LogP contribution in [0, 0.1) is 5.92 Å². The molecule has 3 atom stereocenters. The van der Waals surface area contributed by atoms with Crippen molar-refractivity contribution >= 4 is 23.9 Å². The van der Waals surface area contributed by atoms with Crippen molar-refractivity contribution in [2.45, 2.75) is 122 Å². The molecule has 328 valence electrons. The largest absolute Gasteiger partial charge is 0.393 e. The summed E-state index contributed by atoms with van der Waals surface area (Å²) in [7, 11) is 0. The number of benzene rings is 2. The second-order valence-corrected chi connectivity index (χ2v) is 17.0. The zero-order valence-corrected chi connectivity index (χ0v) is 36.9. The van der Waals surface area contributed by atoms with Crippen LogP contribution in [0.4, 0.5) is 23.9 Å². The first-order valence-electron chi connectivity index (χ1n) is 21.9. The average Bonchev–Trinajstić information content (AvgIpc) is 3.98. The average molecular weight is 844 g/mol. The van der Waals surface area contributed by atoms with E-state index in [9.17, 15) is 5.11 Å². The van der Waals surface area contributed by atoms with Crippen LogP contribution < -0.4 is 22.1 Å². The quantitative estimate of drug-likeness (QED) is 0.0758. The summed E-state index contributed by atoms with van der Waals surface area (Å²) in [6.07, 6.45) is 11.6. The van der Waals surface area contributed by atoms with Gasteiger partial charge in [0, 0.05) is 67.1 Å². The molecule has 1 aliphatic heterocycles. The third-order valence-corrected chi connectivity index (χ3v) is 13.2. The number of anilines is 4. The number of hydrogen-bond donors (Lipinski definition) is 5. The summed E-state index contributed by atoms with van der Waals surface area (Å²) in [6.45, 7) is 16.6. The first-order valence-corrected chi connectivity index (χ1v) is 21.9. The van der Waals surface area contributed by atoms with Crippen molar-refractivity contribution in [2.75, 3.05) is 35.2 Å². The number of rotatable bonds is 13. The molecule has 2 fully saturated rings. The van der Waals surface area contributed by atoms with E-state index in [4.69, 9.17) is 30.5 Å². The molecule has 2 aromatic carbocycles. The number of aromatic nitrogens is 8. The predicted octanol–water partition coefficient (Wildman–Crippen LogP) is 7.51. The molecule has 0 spiro atoms. The Hall–Kier alpha value is -6.00. The molecule has 0 amide bonds. The minimum atomic E-state index is -0.633. The van der Waals surface area contributed by atoms with Crippen molar-refractivity contribution in [1.29, 1.82) is 0 Å². The Balaban J connectivity index is 0.00000285. The summed E-state index contributed by atoms with van der Waals surface area (Å²) in [5.41, 5.74) is 16.2. The van der Waals surface area contributed by atoms with E-state index in [0.29, 0.717) is 23.7 Å².